The highest BCUT2D eigenvalue weighted by Gasteiger charge is 1.87. The van der Waals surface area contributed by atoms with E-state index in [0.29, 0.717) is 0 Å². The van der Waals surface area contributed by atoms with Gasteiger partial charge in [0.1, 0.15) is 25.0 Å². The molecular weight excluding hydrogens is 300 g/mol. The Hall–Kier alpha value is -3.40. The van der Waals surface area contributed by atoms with E-state index >= 15 is 0 Å². The molecule has 0 spiro atoms. The van der Waals surface area contributed by atoms with Crippen LogP contribution < -0.4 is 0 Å². The van der Waals surface area contributed by atoms with Crippen LogP contribution in [0.1, 0.15) is 0 Å². The average molecular weight is 318 g/mol. The number of fused-ring (bicyclic) bond motifs is 2. The number of hydrogen-bond acceptors (Lipinski definition) is 2. The fourth-order valence-corrected chi connectivity index (χ4v) is 2.21. The molecular formula is C20H18N2O2. The van der Waals surface area contributed by atoms with Crippen LogP contribution in [0.4, 0.5) is 0 Å². The van der Waals surface area contributed by atoms with Crippen LogP contribution in [0.25, 0.3) is 21.8 Å². The highest BCUT2D eigenvalue weighted by Crippen LogP contribution is 2.09. The molecule has 0 atom stereocenters. The van der Waals surface area contributed by atoms with E-state index in [-0.39, 0.29) is 0 Å². The third-order valence-corrected chi connectivity index (χ3v) is 3.35. The van der Waals surface area contributed by atoms with Crippen molar-refractivity contribution in [1.29, 1.82) is 0 Å². The minimum atomic E-state index is 1.21. The molecule has 2 N–H and O–H groups in total. The fraction of sp³-hybridized carbons (Fsp3) is 0. The topological polar surface area (TPSA) is 50.0 Å². The summed E-state index contributed by atoms with van der Waals surface area (Å²) in [6, 6.07) is 20.6. The van der Waals surface area contributed by atoms with Gasteiger partial charge < -0.3 is 19.4 Å². The number of aromatic nitrogens is 2. The Morgan fingerprint density at radius 2 is 0.917 bits per heavy atom. The Morgan fingerprint density at radius 1 is 0.500 bits per heavy atom. The van der Waals surface area contributed by atoms with Gasteiger partial charge in [0.2, 0.25) is 0 Å². The first-order valence-corrected chi connectivity index (χ1v) is 7.59. The summed E-state index contributed by atoms with van der Waals surface area (Å²) in [5, 5.41) is 2.55. The monoisotopic (exact) mass is 318 g/mol. The third kappa shape index (κ3) is 4.30. The summed E-state index contributed by atoms with van der Waals surface area (Å²) >= 11 is 0. The number of benzene rings is 2. The Bertz CT molecular complexity index is 788. The molecule has 2 aromatic carbocycles. The van der Waals surface area contributed by atoms with Crippen molar-refractivity contribution in [2.24, 2.45) is 0 Å². The fourth-order valence-electron chi connectivity index (χ4n) is 2.21. The van der Waals surface area contributed by atoms with Crippen molar-refractivity contribution in [1.82, 2.24) is 9.97 Å². The molecule has 0 fully saturated rings. The quantitative estimate of drug-likeness (QED) is 0.461. The van der Waals surface area contributed by atoms with E-state index in [4.69, 9.17) is 0 Å². The maximum absolute atomic E-state index is 4.58. The molecule has 1 aliphatic rings. The third-order valence-electron chi connectivity index (χ3n) is 3.35. The van der Waals surface area contributed by atoms with E-state index in [1.54, 1.807) is 0 Å². The zero-order valence-electron chi connectivity index (χ0n) is 13.1. The van der Waals surface area contributed by atoms with Gasteiger partial charge in [0.15, 0.2) is 0 Å². The van der Waals surface area contributed by atoms with Crippen molar-refractivity contribution in [2.75, 3.05) is 0 Å². The van der Waals surface area contributed by atoms with Crippen molar-refractivity contribution >= 4 is 21.8 Å². The lowest BCUT2D eigenvalue weighted by Gasteiger charge is -1.94. The van der Waals surface area contributed by atoms with E-state index in [9.17, 15) is 0 Å². The number of H-pyrrole nitrogens is 2. The van der Waals surface area contributed by atoms with Crippen LogP contribution in [0, 0.1) is 0 Å². The molecule has 24 heavy (non-hydrogen) atoms. The van der Waals surface area contributed by atoms with Crippen molar-refractivity contribution in [2.45, 2.75) is 0 Å². The van der Waals surface area contributed by atoms with Gasteiger partial charge in [0, 0.05) is 23.4 Å². The van der Waals surface area contributed by atoms with E-state index in [1.807, 2.05) is 36.7 Å². The molecule has 4 nitrogen and oxygen atoms in total. The summed E-state index contributed by atoms with van der Waals surface area (Å²) in [7, 11) is 0. The number of rotatable bonds is 0. The van der Waals surface area contributed by atoms with Gasteiger partial charge in [-0.15, -0.1) is 0 Å². The minimum Gasteiger partial charge on any atom is -0.466 e. The summed E-state index contributed by atoms with van der Waals surface area (Å²) in [4.78, 5) is 6.24. The summed E-state index contributed by atoms with van der Waals surface area (Å²) < 4.78 is 9.17. The van der Waals surface area contributed by atoms with E-state index in [0.717, 1.165) is 0 Å². The van der Waals surface area contributed by atoms with Crippen LogP contribution in [0.3, 0.4) is 0 Å². The molecule has 1 aliphatic heterocycles. The molecule has 0 saturated heterocycles. The molecule has 2 aromatic heterocycles. The first kappa shape index (κ1) is 15.5. The lowest BCUT2D eigenvalue weighted by Crippen LogP contribution is -1.74. The summed E-state index contributed by atoms with van der Waals surface area (Å²) in [6.45, 7) is 0. The Labute approximate surface area is 140 Å². The molecule has 0 saturated carbocycles. The molecule has 3 heterocycles. The summed E-state index contributed by atoms with van der Waals surface area (Å²) in [5.41, 5.74) is 2.41. The summed E-state index contributed by atoms with van der Waals surface area (Å²) in [6.07, 6.45) is 9.73. The molecule has 4 heteroatoms. The number of aromatic amines is 2. The average Bonchev–Trinajstić information content (AvgIpc) is 3.33. The summed E-state index contributed by atoms with van der Waals surface area (Å²) in [5.74, 6) is 0. The second-order valence-electron chi connectivity index (χ2n) is 4.95. The molecule has 4 aromatic rings. The van der Waals surface area contributed by atoms with Crippen LogP contribution in [-0.2, 0) is 9.47 Å². The number of para-hydroxylation sites is 2. The van der Waals surface area contributed by atoms with Gasteiger partial charge in [-0.25, -0.2) is 0 Å². The zero-order valence-corrected chi connectivity index (χ0v) is 13.1. The van der Waals surface area contributed by atoms with Gasteiger partial charge in [0.25, 0.3) is 0 Å². The number of ether oxygens (including phenoxy) is 2. The van der Waals surface area contributed by atoms with Gasteiger partial charge in [-0.2, -0.15) is 0 Å². The van der Waals surface area contributed by atoms with Gasteiger partial charge in [-0.3, -0.25) is 0 Å². The smallest absolute Gasteiger partial charge is 0.125 e. The molecule has 0 unspecified atom stereocenters. The van der Waals surface area contributed by atoms with Crippen LogP contribution in [0.5, 0.6) is 0 Å². The normalized spacial score (nSPS) is 11.7. The second kappa shape index (κ2) is 8.29. The predicted octanol–water partition coefficient (Wildman–Crippen LogP) is 5.31. The van der Waals surface area contributed by atoms with Crippen LogP contribution in [0.15, 0.2) is 98.1 Å². The van der Waals surface area contributed by atoms with E-state index < -0.39 is 0 Å². The van der Waals surface area contributed by atoms with Crippen LogP contribution >= 0.6 is 0 Å². The Morgan fingerprint density at radius 3 is 1.29 bits per heavy atom. The number of nitrogens with one attached hydrogen (secondary N) is 2. The molecule has 5 rings (SSSR count). The second-order valence-corrected chi connectivity index (χ2v) is 4.95. The SMILES string of the molecule is C1=COC=CO1.c1ccc2[nH]ccc2c1.c1ccc2[nH]ccc2c1. The maximum atomic E-state index is 4.58. The minimum absolute atomic E-state index is 1.21. The first-order chi connectivity index (χ1) is 11.9. The largest absolute Gasteiger partial charge is 0.466 e. The van der Waals surface area contributed by atoms with Gasteiger partial charge in [-0.05, 0) is 35.0 Å². The van der Waals surface area contributed by atoms with Crippen LogP contribution in [-0.4, -0.2) is 9.97 Å². The van der Waals surface area contributed by atoms with Crippen molar-refractivity contribution in [3.8, 4) is 0 Å². The number of hydrogen-bond donors (Lipinski definition) is 2. The molecule has 0 aliphatic carbocycles. The van der Waals surface area contributed by atoms with Gasteiger partial charge >= 0.3 is 0 Å². The zero-order chi connectivity index (χ0) is 16.5. The van der Waals surface area contributed by atoms with Crippen molar-refractivity contribution in [3.05, 3.63) is 98.1 Å². The molecule has 0 amide bonds. The maximum Gasteiger partial charge on any atom is 0.125 e. The molecule has 0 bridgehead atoms. The van der Waals surface area contributed by atoms with Crippen LogP contribution in [0.2, 0.25) is 0 Å². The Balaban J connectivity index is 0.000000108. The highest BCUT2D eigenvalue weighted by atomic mass is 16.5. The van der Waals surface area contributed by atoms with Gasteiger partial charge in [0.05, 0.1) is 0 Å². The van der Waals surface area contributed by atoms with Crippen molar-refractivity contribution < 1.29 is 9.47 Å². The Kier molecular flexibility index (Phi) is 5.35. The van der Waals surface area contributed by atoms with E-state index in [2.05, 4.69) is 55.8 Å². The van der Waals surface area contributed by atoms with Gasteiger partial charge in [-0.1, -0.05) is 36.4 Å². The molecule has 0 radical (unpaired) electrons. The lowest BCUT2D eigenvalue weighted by molar-refractivity contribution is 0.290. The predicted molar refractivity (Wildman–Crippen MR) is 97.0 cm³/mol. The highest BCUT2D eigenvalue weighted by molar-refractivity contribution is 5.79. The first-order valence-electron chi connectivity index (χ1n) is 7.59. The van der Waals surface area contributed by atoms with E-state index in [1.165, 1.54) is 46.9 Å². The lowest BCUT2D eigenvalue weighted by atomic mass is 10.3. The standard InChI is InChI=1S/2C8H7N.C4H4O2/c2*1-2-4-8-7(3-1)5-6-9-8;1-2-6-4-3-5-1/h2*1-6,9H;1-4H. The molecule has 120 valence electrons. The van der Waals surface area contributed by atoms with Crippen molar-refractivity contribution in [3.63, 3.8) is 0 Å².